The highest BCUT2D eigenvalue weighted by Crippen LogP contribution is 2.41. The first-order chi connectivity index (χ1) is 7.27. The number of carbonyl (C=O) groups is 1. The predicted molar refractivity (Wildman–Crippen MR) is 50.4 cm³/mol. The number of ether oxygens (including phenoxy) is 1. The molecule has 0 aliphatic heterocycles. The fourth-order valence-electron chi connectivity index (χ4n) is 1.50. The van der Waals surface area contributed by atoms with Crippen molar-refractivity contribution in [3.8, 4) is 0 Å². The minimum absolute atomic E-state index is 0.204. The van der Waals surface area contributed by atoms with E-state index in [-0.39, 0.29) is 12.4 Å². The van der Waals surface area contributed by atoms with Crippen LogP contribution < -0.4 is 0 Å². The molecule has 1 aliphatic carbocycles. The van der Waals surface area contributed by atoms with Gasteiger partial charge in [0, 0.05) is 5.92 Å². The summed E-state index contributed by atoms with van der Waals surface area (Å²) in [4.78, 5) is 11.6. The maximum atomic E-state index is 11.6. The molecule has 1 heterocycles. The Hall–Kier alpha value is -1.36. The lowest BCUT2D eigenvalue weighted by Gasteiger charge is -2.01. The van der Waals surface area contributed by atoms with Crippen LogP contribution in [0.2, 0.25) is 0 Å². The summed E-state index contributed by atoms with van der Waals surface area (Å²) >= 11 is 0. The highest BCUT2D eigenvalue weighted by molar-refractivity contribution is 5.92. The van der Waals surface area contributed by atoms with Crippen LogP contribution >= 0.6 is 0 Å². The van der Waals surface area contributed by atoms with Crippen molar-refractivity contribution in [1.29, 1.82) is 0 Å². The summed E-state index contributed by atoms with van der Waals surface area (Å²) in [6.07, 6.45) is 2.04. The highest BCUT2D eigenvalue weighted by Gasteiger charge is 2.34. The Morgan fingerprint density at radius 1 is 1.67 bits per heavy atom. The van der Waals surface area contributed by atoms with E-state index in [1.165, 1.54) is 0 Å². The second kappa shape index (κ2) is 4.02. The number of aliphatic hydroxyl groups excluding tert-OH is 1. The molecule has 0 bridgehead atoms. The lowest BCUT2D eigenvalue weighted by Crippen LogP contribution is -2.08. The van der Waals surface area contributed by atoms with Gasteiger partial charge in [0.1, 0.15) is 17.9 Å². The number of aromatic nitrogens is 1. The molecule has 1 aromatic rings. The van der Waals surface area contributed by atoms with E-state index in [0.29, 0.717) is 23.8 Å². The van der Waals surface area contributed by atoms with Crippen molar-refractivity contribution in [2.75, 3.05) is 6.61 Å². The fraction of sp³-hybridized carbons (Fsp3) is 0.600. The van der Waals surface area contributed by atoms with Crippen LogP contribution in [0.1, 0.15) is 47.5 Å². The minimum atomic E-state index is -0.454. The molecule has 5 heteroatoms. The van der Waals surface area contributed by atoms with Crippen molar-refractivity contribution < 1.29 is 19.2 Å². The van der Waals surface area contributed by atoms with Gasteiger partial charge in [0.05, 0.1) is 6.61 Å². The van der Waals surface area contributed by atoms with Gasteiger partial charge in [-0.1, -0.05) is 5.16 Å². The Bertz CT molecular complexity index is 367. The van der Waals surface area contributed by atoms with Gasteiger partial charge in [-0.3, -0.25) is 0 Å². The summed E-state index contributed by atoms with van der Waals surface area (Å²) in [6, 6.07) is 0. The van der Waals surface area contributed by atoms with Crippen molar-refractivity contribution >= 4 is 5.97 Å². The van der Waals surface area contributed by atoms with Crippen LogP contribution in [0.25, 0.3) is 0 Å². The lowest BCUT2D eigenvalue weighted by atomic mass is 10.1. The number of hydrogen-bond acceptors (Lipinski definition) is 5. The third-order valence-corrected chi connectivity index (χ3v) is 2.38. The van der Waals surface area contributed by atoms with E-state index >= 15 is 0 Å². The average molecular weight is 211 g/mol. The number of esters is 1. The van der Waals surface area contributed by atoms with Crippen LogP contribution in [0.4, 0.5) is 0 Å². The van der Waals surface area contributed by atoms with Gasteiger partial charge < -0.3 is 14.4 Å². The maximum absolute atomic E-state index is 11.6. The van der Waals surface area contributed by atoms with Gasteiger partial charge in [0.25, 0.3) is 0 Å². The van der Waals surface area contributed by atoms with Crippen molar-refractivity contribution in [1.82, 2.24) is 5.16 Å². The summed E-state index contributed by atoms with van der Waals surface area (Å²) in [5.41, 5.74) is 0.958. The minimum Gasteiger partial charge on any atom is -0.462 e. The molecular formula is C10H13NO4. The monoisotopic (exact) mass is 211 g/mol. The predicted octanol–water partition coefficient (Wildman–Crippen LogP) is 1.22. The topological polar surface area (TPSA) is 72.6 Å². The number of aliphatic hydroxyl groups is 1. The summed E-state index contributed by atoms with van der Waals surface area (Å²) in [6.45, 7) is 1.72. The molecule has 0 radical (unpaired) electrons. The molecule has 1 saturated carbocycles. The quantitative estimate of drug-likeness (QED) is 0.758. The Morgan fingerprint density at radius 2 is 2.40 bits per heavy atom. The van der Waals surface area contributed by atoms with Gasteiger partial charge in [-0.05, 0) is 19.8 Å². The standard InChI is InChI=1S/C10H13NO4/c1-2-14-10(13)8-7(5-12)15-11-9(8)6-3-4-6/h6,12H,2-5H2,1H3. The summed E-state index contributed by atoms with van der Waals surface area (Å²) in [5.74, 6) is 0.0495. The molecule has 15 heavy (non-hydrogen) atoms. The number of hydrogen-bond donors (Lipinski definition) is 1. The van der Waals surface area contributed by atoms with E-state index in [1.54, 1.807) is 6.92 Å². The van der Waals surface area contributed by atoms with E-state index in [4.69, 9.17) is 14.4 Å². The summed E-state index contributed by atoms with van der Waals surface area (Å²) in [5, 5.41) is 12.8. The second-order valence-corrected chi connectivity index (χ2v) is 3.52. The molecule has 0 spiro atoms. The SMILES string of the molecule is CCOC(=O)c1c(C2CC2)noc1CO. The molecule has 0 aromatic carbocycles. The van der Waals surface area contributed by atoms with E-state index < -0.39 is 5.97 Å². The zero-order chi connectivity index (χ0) is 10.8. The number of nitrogens with zero attached hydrogens (tertiary/aromatic N) is 1. The average Bonchev–Trinajstić information content (AvgIpc) is 2.98. The maximum Gasteiger partial charge on any atom is 0.343 e. The Morgan fingerprint density at radius 3 is 2.93 bits per heavy atom. The van der Waals surface area contributed by atoms with Crippen LogP contribution in [-0.2, 0) is 11.3 Å². The third kappa shape index (κ3) is 1.87. The van der Waals surface area contributed by atoms with Gasteiger partial charge >= 0.3 is 5.97 Å². The molecule has 1 fully saturated rings. The van der Waals surface area contributed by atoms with Crippen LogP contribution in [-0.4, -0.2) is 22.8 Å². The molecule has 1 N–H and O–H groups in total. The lowest BCUT2D eigenvalue weighted by molar-refractivity contribution is 0.0519. The molecule has 2 rings (SSSR count). The molecule has 5 nitrogen and oxygen atoms in total. The van der Waals surface area contributed by atoms with Crippen LogP contribution in [0.15, 0.2) is 4.52 Å². The first kappa shape index (κ1) is 10.2. The van der Waals surface area contributed by atoms with Crippen molar-refractivity contribution in [2.45, 2.75) is 32.3 Å². The second-order valence-electron chi connectivity index (χ2n) is 3.52. The highest BCUT2D eigenvalue weighted by atomic mass is 16.5. The molecule has 0 saturated heterocycles. The largest absolute Gasteiger partial charge is 0.462 e. The van der Waals surface area contributed by atoms with E-state index in [9.17, 15) is 4.79 Å². The summed E-state index contributed by atoms with van der Waals surface area (Å²) in [7, 11) is 0. The van der Waals surface area contributed by atoms with Gasteiger partial charge in [-0.25, -0.2) is 4.79 Å². The zero-order valence-corrected chi connectivity index (χ0v) is 8.52. The molecule has 0 atom stereocenters. The number of rotatable bonds is 4. The van der Waals surface area contributed by atoms with Gasteiger partial charge in [-0.15, -0.1) is 0 Å². The summed E-state index contributed by atoms with van der Waals surface area (Å²) < 4.78 is 9.81. The van der Waals surface area contributed by atoms with Crippen LogP contribution in [0.3, 0.4) is 0 Å². The molecule has 0 unspecified atom stereocenters. The van der Waals surface area contributed by atoms with E-state index in [2.05, 4.69) is 5.16 Å². The van der Waals surface area contributed by atoms with Crippen molar-refractivity contribution in [3.05, 3.63) is 17.0 Å². The van der Waals surface area contributed by atoms with Crippen LogP contribution in [0, 0.1) is 0 Å². The molecule has 1 aliphatic rings. The first-order valence-electron chi connectivity index (χ1n) is 5.04. The normalized spacial score (nSPS) is 15.3. The van der Waals surface area contributed by atoms with Gasteiger partial charge in [-0.2, -0.15) is 0 Å². The van der Waals surface area contributed by atoms with E-state index in [1.807, 2.05) is 0 Å². The molecular weight excluding hydrogens is 198 g/mol. The first-order valence-corrected chi connectivity index (χ1v) is 5.04. The van der Waals surface area contributed by atoms with Crippen molar-refractivity contribution in [2.24, 2.45) is 0 Å². The van der Waals surface area contributed by atoms with E-state index in [0.717, 1.165) is 12.8 Å². The zero-order valence-electron chi connectivity index (χ0n) is 8.52. The van der Waals surface area contributed by atoms with Crippen molar-refractivity contribution in [3.63, 3.8) is 0 Å². The Balaban J connectivity index is 2.31. The Kier molecular flexibility index (Phi) is 2.73. The molecule has 82 valence electrons. The number of carbonyl (C=O) groups excluding carboxylic acids is 1. The fourth-order valence-corrected chi connectivity index (χ4v) is 1.50. The molecule has 0 amide bonds. The Labute approximate surface area is 87.0 Å². The third-order valence-electron chi connectivity index (χ3n) is 2.38. The van der Waals surface area contributed by atoms with Gasteiger partial charge in [0.15, 0.2) is 5.76 Å². The smallest absolute Gasteiger partial charge is 0.343 e. The molecule has 1 aromatic heterocycles. The van der Waals surface area contributed by atoms with Gasteiger partial charge in [0.2, 0.25) is 0 Å². The van der Waals surface area contributed by atoms with Crippen LogP contribution in [0.5, 0.6) is 0 Å².